The lowest BCUT2D eigenvalue weighted by Crippen LogP contribution is -2.12. The van der Waals surface area contributed by atoms with E-state index in [0.29, 0.717) is 17.7 Å². The molecule has 2 rings (SSSR count). The second kappa shape index (κ2) is 6.00. The van der Waals surface area contributed by atoms with E-state index < -0.39 is 0 Å². The Hall–Kier alpha value is -1.95. The van der Waals surface area contributed by atoms with Crippen LogP contribution in [-0.2, 0) is 7.05 Å². The Morgan fingerprint density at radius 2 is 2.05 bits per heavy atom. The molecule has 0 bridgehead atoms. The van der Waals surface area contributed by atoms with Crippen molar-refractivity contribution in [3.8, 4) is 11.3 Å². The van der Waals surface area contributed by atoms with Crippen LogP contribution in [0.2, 0.25) is 0 Å². The number of rotatable bonds is 5. The van der Waals surface area contributed by atoms with Gasteiger partial charge in [-0.25, -0.2) is 15.8 Å². The zero-order valence-electron chi connectivity index (χ0n) is 12.5. The molecule has 6 nitrogen and oxygen atoms in total. The van der Waals surface area contributed by atoms with Gasteiger partial charge in [-0.2, -0.15) is 5.10 Å². The lowest BCUT2D eigenvalue weighted by molar-refractivity contribution is 0.508. The summed E-state index contributed by atoms with van der Waals surface area (Å²) in [6, 6.07) is 1.84. The highest BCUT2D eigenvalue weighted by molar-refractivity contribution is 5.60. The van der Waals surface area contributed by atoms with Crippen molar-refractivity contribution in [1.29, 1.82) is 0 Å². The number of hydrogen-bond acceptors (Lipinski definition) is 5. The Kier molecular flexibility index (Phi) is 4.34. The molecule has 6 heteroatoms. The standard InChI is InChI=1S/C14H22N6/c1-9(2)5-10(3)14-17-12(6-13(18-14)19-15)11-7-16-20(4)8-11/h6-10H,5,15H2,1-4H3,(H,17,18,19). The first-order valence-electron chi connectivity index (χ1n) is 6.84. The molecule has 0 radical (unpaired) electrons. The quantitative estimate of drug-likeness (QED) is 0.646. The number of aromatic nitrogens is 4. The number of nitrogens with zero attached hydrogens (tertiary/aromatic N) is 4. The van der Waals surface area contributed by atoms with Crippen molar-refractivity contribution >= 4 is 5.82 Å². The van der Waals surface area contributed by atoms with Crippen molar-refractivity contribution in [2.75, 3.05) is 5.43 Å². The van der Waals surface area contributed by atoms with E-state index in [9.17, 15) is 0 Å². The summed E-state index contributed by atoms with van der Waals surface area (Å²) in [6.45, 7) is 6.54. The molecule has 3 N–H and O–H groups in total. The molecule has 0 aliphatic rings. The maximum absolute atomic E-state index is 5.51. The fourth-order valence-electron chi connectivity index (χ4n) is 2.27. The minimum absolute atomic E-state index is 0.290. The summed E-state index contributed by atoms with van der Waals surface area (Å²) < 4.78 is 1.75. The molecule has 0 aliphatic heterocycles. The average molecular weight is 274 g/mol. The van der Waals surface area contributed by atoms with Crippen LogP contribution >= 0.6 is 0 Å². The molecule has 0 fully saturated rings. The van der Waals surface area contributed by atoms with Gasteiger partial charge in [-0.15, -0.1) is 0 Å². The van der Waals surface area contributed by atoms with Gasteiger partial charge in [0, 0.05) is 30.8 Å². The molecule has 20 heavy (non-hydrogen) atoms. The number of nitrogens with one attached hydrogen (secondary N) is 1. The molecule has 0 spiro atoms. The van der Waals surface area contributed by atoms with E-state index in [1.165, 1.54) is 0 Å². The number of anilines is 1. The lowest BCUT2D eigenvalue weighted by atomic mass is 9.98. The van der Waals surface area contributed by atoms with Gasteiger partial charge >= 0.3 is 0 Å². The molecule has 0 aliphatic carbocycles. The largest absolute Gasteiger partial charge is 0.308 e. The third-order valence-electron chi connectivity index (χ3n) is 3.16. The normalized spacial score (nSPS) is 12.7. The first kappa shape index (κ1) is 14.5. The van der Waals surface area contributed by atoms with Crippen LogP contribution in [0.4, 0.5) is 5.82 Å². The first-order chi connectivity index (χ1) is 9.49. The van der Waals surface area contributed by atoms with Gasteiger partial charge in [0.15, 0.2) is 0 Å². The van der Waals surface area contributed by atoms with Crippen molar-refractivity contribution in [2.24, 2.45) is 18.8 Å². The van der Waals surface area contributed by atoms with Gasteiger partial charge in [-0.05, 0) is 12.3 Å². The smallest absolute Gasteiger partial charge is 0.144 e. The third kappa shape index (κ3) is 3.33. The maximum atomic E-state index is 5.51. The number of nitrogens with two attached hydrogens (primary N) is 1. The van der Waals surface area contributed by atoms with Crippen molar-refractivity contribution in [2.45, 2.75) is 33.1 Å². The molecule has 108 valence electrons. The zero-order valence-corrected chi connectivity index (χ0v) is 12.5. The van der Waals surface area contributed by atoms with Crippen LogP contribution in [0.5, 0.6) is 0 Å². The minimum atomic E-state index is 0.290. The molecule has 2 aromatic rings. The summed E-state index contributed by atoms with van der Waals surface area (Å²) in [5.41, 5.74) is 4.42. The van der Waals surface area contributed by atoms with E-state index >= 15 is 0 Å². The molecule has 0 aromatic carbocycles. The topological polar surface area (TPSA) is 81.6 Å². The van der Waals surface area contributed by atoms with Crippen LogP contribution < -0.4 is 11.3 Å². The van der Waals surface area contributed by atoms with Crippen molar-refractivity contribution in [1.82, 2.24) is 19.7 Å². The van der Waals surface area contributed by atoms with Gasteiger partial charge in [-0.1, -0.05) is 20.8 Å². The molecule has 2 aromatic heterocycles. The molecule has 2 heterocycles. The Labute approximate surface area is 119 Å². The second-order valence-electron chi connectivity index (χ2n) is 5.57. The molecular formula is C14H22N6. The van der Waals surface area contributed by atoms with E-state index in [-0.39, 0.29) is 0 Å². The fraction of sp³-hybridized carbons (Fsp3) is 0.500. The Balaban J connectivity index is 2.38. The van der Waals surface area contributed by atoms with Gasteiger partial charge in [0.2, 0.25) is 0 Å². The summed E-state index contributed by atoms with van der Waals surface area (Å²) in [5, 5.41) is 4.18. The number of hydrazine groups is 1. The summed E-state index contributed by atoms with van der Waals surface area (Å²) in [4.78, 5) is 9.12. The Morgan fingerprint density at radius 1 is 1.30 bits per heavy atom. The Morgan fingerprint density at radius 3 is 2.60 bits per heavy atom. The van der Waals surface area contributed by atoms with E-state index in [0.717, 1.165) is 23.5 Å². The Bertz CT molecular complexity index is 575. The minimum Gasteiger partial charge on any atom is -0.308 e. The highest BCUT2D eigenvalue weighted by Gasteiger charge is 2.14. The predicted octanol–water partition coefficient (Wildman–Crippen LogP) is 2.31. The zero-order chi connectivity index (χ0) is 14.7. The molecule has 1 unspecified atom stereocenters. The number of aryl methyl sites for hydroxylation is 1. The van der Waals surface area contributed by atoms with Crippen LogP contribution in [-0.4, -0.2) is 19.7 Å². The summed E-state index contributed by atoms with van der Waals surface area (Å²) in [6.07, 6.45) is 4.76. The van der Waals surface area contributed by atoms with E-state index in [2.05, 4.69) is 41.3 Å². The van der Waals surface area contributed by atoms with Gasteiger partial charge in [0.25, 0.3) is 0 Å². The molecule has 0 saturated carbocycles. The summed E-state index contributed by atoms with van der Waals surface area (Å²) in [7, 11) is 1.88. The third-order valence-corrected chi connectivity index (χ3v) is 3.16. The maximum Gasteiger partial charge on any atom is 0.144 e. The van der Waals surface area contributed by atoms with E-state index in [4.69, 9.17) is 5.84 Å². The van der Waals surface area contributed by atoms with Crippen molar-refractivity contribution < 1.29 is 0 Å². The summed E-state index contributed by atoms with van der Waals surface area (Å²) >= 11 is 0. The van der Waals surface area contributed by atoms with E-state index in [1.807, 2.05) is 19.3 Å². The summed E-state index contributed by atoms with van der Waals surface area (Å²) in [5.74, 6) is 7.85. The van der Waals surface area contributed by atoms with Gasteiger partial charge in [0.1, 0.15) is 11.6 Å². The molecular weight excluding hydrogens is 252 g/mol. The van der Waals surface area contributed by atoms with Crippen molar-refractivity contribution in [3.05, 3.63) is 24.3 Å². The monoisotopic (exact) mass is 274 g/mol. The van der Waals surface area contributed by atoms with Crippen LogP contribution in [0, 0.1) is 5.92 Å². The predicted molar refractivity (Wildman–Crippen MR) is 79.9 cm³/mol. The van der Waals surface area contributed by atoms with Gasteiger partial charge < -0.3 is 5.43 Å². The second-order valence-corrected chi connectivity index (χ2v) is 5.57. The van der Waals surface area contributed by atoms with Gasteiger partial charge in [0.05, 0.1) is 11.9 Å². The molecule has 0 saturated heterocycles. The number of nitrogen functional groups attached to an aromatic ring is 1. The SMILES string of the molecule is CC(C)CC(C)c1nc(NN)cc(-c2cnn(C)c2)n1. The van der Waals surface area contributed by atoms with Crippen LogP contribution in [0.1, 0.15) is 38.9 Å². The highest BCUT2D eigenvalue weighted by atomic mass is 15.3. The van der Waals surface area contributed by atoms with Crippen molar-refractivity contribution in [3.63, 3.8) is 0 Å². The fourth-order valence-corrected chi connectivity index (χ4v) is 2.27. The van der Waals surface area contributed by atoms with Crippen LogP contribution in [0.3, 0.4) is 0 Å². The van der Waals surface area contributed by atoms with Crippen LogP contribution in [0.25, 0.3) is 11.3 Å². The highest BCUT2D eigenvalue weighted by Crippen LogP contribution is 2.25. The average Bonchev–Trinajstić information content (AvgIpc) is 2.84. The van der Waals surface area contributed by atoms with Crippen LogP contribution in [0.15, 0.2) is 18.5 Å². The molecule has 0 amide bonds. The van der Waals surface area contributed by atoms with Gasteiger partial charge in [-0.3, -0.25) is 4.68 Å². The number of hydrogen-bond donors (Lipinski definition) is 2. The first-order valence-corrected chi connectivity index (χ1v) is 6.84. The molecule has 1 atom stereocenters. The van der Waals surface area contributed by atoms with E-state index in [1.54, 1.807) is 10.9 Å². The lowest BCUT2D eigenvalue weighted by Gasteiger charge is -2.14.